The van der Waals surface area contributed by atoms with Crippen LogP contribution in [0.25, 0.3) is 0 Å². The van der Waals surface area contributed by atoms with E-state index in [-0.39, 0.29) is 5.60 Å². The Labute approximate surface area is 93.0 Å². The quantitative estimate of drug-likeness (QED) is 0.716. The van der Waals surface area contributed by atoms with Crippen LogP contribution < -0.4 is 0 Å². The van der Waals surface area contributed by atoms with Crippen LogP contribution in [0.3, 0.4) is 0 Å². The summed E-state index contributed by atoms with van der Waals surface area (Å²) in [7, 11) is 0. The van der Waals surface area contributed by atoms with Crippen LogP contribution in [0.15, 0.2) is 30.3 Å². The van der Waals surface area contributed by atoms with Crippen molar-refractivity contribution in [3.63, 3.8) is 0 Å². The summed E-state index contributed by atoms with van der Waals surface area (Å²) in [5.74, 6) is 0.786. The zero-order valence-electron chi connectivity index (χ0n) is 9.00. The van der Waals surface area contributed by atoms with Gasteiger partial charge in [-0.15, -0.1) is 5.10 Å². The van der Waals surface area contributed by atoms with E-state index in [4.69, 9.17) is 4.74 Å². The number of nitrogens with zero attached hydrogens (tertiary/aromatic N) is 4. The number of benzene rings is 1. The minimum Gasteiger partial charge on any atom is -0.361 e. The number of hydrogen-bond donors (Lipinski definition) is 0. The fourth-order valence-corrected chi connectivity index (χ4v) is 1.97. The monoisotopic (exact) mass is 216 g/mol. The molecule has 0 saturated carbocycles. The molecule has 5 heteroatoms. The van der Waals surface area contributed by atoms with Crippen molar-refractivity contribution in [1.29, 1.82) is 0 Å². The summed E-state index contributed by atoms with van der Waals surface area (Å²) in [6.07, 6.45) is 0. The van der Waals surface area contributed by atoms with E-state index >= 15 is 0 Å². The molecule has 0 N–H and O–H groups in total. The van der Waals surface area contributed by atoms with E-state index in [0.717, 1.165) is 11.4 Å². The van der Waals surface area contributed by atoms with Crippen molar-refractivity contribution in [2.75, 3.05) is 0 Å². The molecule has 1 aromatic carbocycles. The summed E-state index contributed by atoms with van der Waals surface area (Å²) < 4.78 is 7.68. The smallest absolute Gasteiger partial charge is 0.177 e. The molecule has 1 atom stereocenters. The third-order valence-corrected chi connectivity index (χ3v) is 2.96. The highest BCUT2D eigenvalue weighted by Crippen LogP contribution is 2.31. The highest BCUT2D eigenvalue weighted by Gasteiger charge is 2.34. The Morgan fingerprint density at radius 2 is 2.12 bits per heavy atom. The molecule has 5 nitrogen and oxygen atoms in total. The Balaban J connectivity index is 1.98. The molecule has 3 rings (SSSR count). The predicted octanol–water partition coefficient (Wildman–Crippen LogP) is 1.12. The highest BCUT2D eigenvalue weighted by molar-refractivity contribution is 5.22. The van der Waals surface area contributed by atoms with E-state index in [1.807, 2.05) is 18.2 Å². The molecule has 0 saturated heterocycles. The predicted molar refractivity (Wildman–Crippen MR) is 56.4 cm³/mol. The maximum atomic E-state index is 5.87. The van der Waals surface area contributed by atoms with Crippen molar-refractivity contribution in [3.05, 3.63) is 41.7 Å². The van der Waals surface area contributed by atoms with Gasteiger partial charge in [0.15, 0.2) is 5.82 Å². The van der Waals surface area contributed by atoms with E-state index in [0.29, 0.717) is 13.2 Å². The van der Waals surface area contributed by atoms with Crippen molar-refractivity contribution >= 4 is 0 Å². The molecule has 82 valence electrons. The summed E-state index contributed by atoms with van der Waals surface area (Å²) >= 11 is 0. The molecule has 1 aromatic heterocycles. The third kappa shape index (κ3) is 1.40. The van der Waals surface area contributed by atoms with Gasteiger partial charge in [0.2, 0.25) is 0 Å². The fraction of sp³-hybridized carbons (Fsp3) is 0.364. The molecule has 1 unspecified atom stereocenters. The minimum atomic E-state index is -0.344. The normalized spacial score (nSPS) is 24.1. The SMILES string of the molecule is CC1(c2ccccc2)Cn2nnnc2CO1. The largest absolute Gasteiger partial charge is 0.361 e. The highest BCUT2D eigenvalue weighted by atomic mass is 16.5. The molecule has 1 aliphatic rings. The van der Waals surface area contributed by atoms with Crippen molar-refractivity contribution in [1.82, 2.24) is 20.2 Å². The van der Waals surface area contributed by atoms with Gasteiger partial charge in [-0.05, 0) is 22.9 Å². The first-order valence-electron chi connectivity index (χ1n) is 5.22. The molecular weight excluding hydrogens is 204 g/mol. The van der Waals surface area contributed by atoms with Gasteiger partial charge >= 0.3 is 0 Å². The Bertz CT molecular complexity index is 496. The van der Waals surface area contributed by atoms with E-state index in [1.54, 1.807) is 4.68 Å². The van der Waals surface area contributed by atoms with Crippen molar-refractivity contribution < 1.29 is 4.74 Å². The second kappa shape index (κ2) is 3.38. The van der Waals surface area contributed by atoms with Gasteiger partial charge in [-0.3, -0.25) is 0 Å². The maximum Gasteiger partial charge on any atom is 0.177 e. The summed E-state index contributed by atoms with van der Waals surface area (Å²) in [6.45, 7) is 3.17. The zero-order chi connectivity index (χ0) is 11.0. The van der Waals surface area contributed by atoms with Crippen molar-refractivity contribution in [2.45, 2.75) is 25.7 Å². The first-order valence-corrected chi connectivity index (χ1v) is 5.22. The van der Waals surface area contributed by atoms with E-state index in [1.165, 1.54) is 0 Å². The number of aromatic nitrogens is 4. The van der Waals surface area contributed by atoms with Crippen LogP contribution >= 0.6 is 0 Å². The molecule has 0 fully saturated rings. The van der Waals surface area contributed by atoms with E-state index in [9.17, 15) is 0 Å². The van der Waals surface area contributed by atoms with Gasteiger partial charge in [-0.25, -0.2) is 4.68 Å². The Hall–Kier alpha value is -1.75. The first kappa shape index (κ1) is 9.47. The van der Waals surface area contributed by atoms with Gasteiger partial charge in [-0.2, -0.15) is 0 Å². The van der Waals surface area contributed by atoms with Gasteiger partial charge < -0.3 is 4.74 Å². The van der Waals surface area contributed by atoms with Crippen LogP contribution in [0.5, 0.6) is 0 Å². The number of ether oxygens (including phenoxy) is 1. The van der Waals surface area contributed by atoms with Crippen LogP contribution in [-0.2, 0) is 23.5 Å². The summed E-state index contributed by atoms with van der Waals surface area (Å²) in [5, 5.41) is 11.5. The lowest BCUT2D eigenvalue weighted by atomic mass is 9.95. The second-order valence-corrected chi connectivity index (χ2v) is 4.14. The van der Waals surface area contributed by atoms with Crippen LogP contribution in [0.2, 0.25) is 0 Å². The summed E-state index contributed by atoms with van der Waals surface area (Å²) in [5.41, 5.74) is 0.806. The minimum absolute atomic E-state index is 0.344. The molecule has 0 spiro atoms. The molecule has 0 aliphatic carbocycles. The molecule has 16 heavy (non-hydrogen) atoms. The van der Waals surface area contributed by atoms with Gasteiger partial charge in [0.25, 0.3) is 0 Å². The Morgan fingerprint density at radius 1 is 1.31 bits per heavy atom. The Morgan fingerprint density at radius 3 is 2.94 bits per heavy atom. The summed E-state index contributed by atoms with van der Waals surface area (Å²) in [6, 6.07) is 10.2. The molecule has 1 aliphatic heterocycles. The molecule has 0 bridgehead atoms. The third-order valence-electron chi connectivity index (χ3n) is 2.96. The molecule has 0 radical (unpaired) electrons. The molecule has 2 aromatic rings. The number of rotatable bonds is 1. The van der Waals surface area contributed by atoms with Crippen LogP contribution in [0.1, 0.15) is 18.3 Å². The number of fused-ring (bicyclic) bond motifs is 1. The standard InChI is InChI=1S/C11H12N4O/c1-11(9-5-3-2-4-6-9)8-15-10(7-16-11)12-13-14-15/h2-6H,7-8H2,1H3. The van der Waals surface area contributed by atoms with Gasteiger partial charge in [0.05, 0.1) is 6.54 Å². The molecule has 2 heterocycles. The molecule has 0 amide bonds. The van der Waals surface area contributed by atoms with E-state index in [2.05, 4.69) is 34.6 Å². The van der Waals surface area contributed by atoms with Crippen molar-refractivity contribution in [3.8, 4) is 0 Å². The summed E-state index contributed by atoms with van der Waals surface area (Å²) in [4.78, 5) is 0. The lowest BCUT2D eigenvalue weighted by molar-refractivity contribution is -0.0867. The van der Waals surface area contributed by atoms with Gasteiger partial charge in [0.1, 0.15) is 12.2 Å². The lowest BCUT2D eigenvalue weighted by Crippen LogP contribution is -2.37. The van der Waals surface area contributed by atoms with E-state index < -0.39 is 0 Å². The topological polar surface area (TPSA) is 52.8 Å². The van der Waals surface area contributed by atoms with Crippen LogP contribution in [0, 0.1) is 0 Å². The fourth-order valence-electron chi connectivity index (χ4n) is 1.97. The maximum absolute atomic E-state index is 5.87. The average molecular weight is 216 g/mol. The zero-order valence-corrected chi connectivity index (χ0v) is 9.00. The second-order valence-electron chi connectivity index (χ2n) is 4.14. The van der Waals surface area contributed by atoms with Crippen LogP contribution in [-0.4, -0.2) is 20.2 Å². The first-order chi connectivity index (χ1) is 7.78. The van der Waals surface area contributed by atoms with Gasteiger partial charge in [-0.1, -0.05) is 30.3 Å². The number of hydrogen-bond acceptors (Lipinski definition) is 4. The Kier molecular flexibility index (Phi) is 2.00. The average Bonchev–Trinajstić information content (AvgIpc) is 2.77. The lowest BCUT2D eigenvalue weighted by Gasteiger charge is -2.33. The van der Waals surface area contributed by atoms with Crippen molar-refractivity contribution in [2.24, 2.45) is 0 Å². The molecular formula is C11H12N4O. The number of tetrazole rings is 1. The van der Waals surface area contributed by atoms with Gasteiger partial charge in [0, 0.05) is 0 Å². The van der Waals surface area contributed by atoms with Crippen LogP contribution in [0.4, 0.5) is 0 Å².